The lowest BCUT2D eigenvalue weighted by molar-refractivity contribution is -0.0345. The second-order valence-electron chi connectivity index (χ2n) is 6.67. The van der Waals surface area contributed by atoms with Gasteiger partial charge in [0.1, 0.15) is 5.75 Å². The van der Waals surface area contributed by atoms with Gasteiger partial charge in [0.05, 0.1) is 29.1 Å². The monoisotopic (exact) mass is 407 g/mol. The van der Waals surface area contributed by atoms with E-state index in [4.69, 9.17) is 21.1 Å². The molecule has 2 aliphatic rings. The lowest BCUT2D eigenvalue weighted by atomic mass is 9.86. The van der Waals surface area contributed by atoms with E-state index < -0.39 is 21.6 Å². The number of carbonyl (C=O) groups is 1. The molecule has 0 aromatic heterocycles. The molecule has 8 heteroatoms. The first kappa shape index (κ1) is 18.3. The van der Waals surface area contributed by atoms with E-state index in [9.17, 15) is 13.2 Å². The largest absolute Gasteiger partial charge is 0.495 e. The third kappa shape index (κ3) is 2.90. The molecule has 6 nitrogen and oxygen atoms in total. The molecule has 0 bridgehead atoms. The van der Waals surface area contributed by atoms with Crippen LogP contribution in [0.2, 0.25) is 5.02 Å². The molecule has 1 fully saturated rings. The number of hydrogen-bond donors (Lipinski definition) is 0. The maximum Gasteiger partial charge on any atom is 0.339 e. The maximum atomic E-state index is 13.2. The quantitative estimate of drug-likeness (QED) is 0.730. The van der Waals surface area contributed by atoms with Gasteiger partial charge in [-0.1, -0.05) is 29.8 Å². The molecule has 0 radical (unpaired) electrons. The summed E-state index contributed by atoms with van der Waals surface area (Å²) in [4.78, 5) is 12.3. The van der Waals surface area contributed by atoms with E-state index in [1.165, 1.54) is 29.6 Å². The van der Waals surface area contributed by atoms with E-state index in [1.807, 2.05) is 12.1 Å². The first-order valence-electron chi connectivity index (χ1n) is 8.54. The smallest absolute Gasteiger partial charge is 0.339 e. The number of fused-ring (bicyclic) bond motifs is 2. The molecule has 1 saturated heterocycles. The number of ether oxygens (including phenoxy) is 2. The summed E-state index contributed by atoms with van der Waals surface area (Å²) in [5.41, 5.74) is 0.321. The molecule has 0 unspecified atom stereocenters. The van der Waals surface area contributed by atoms with Crippen LogP contribution in [-0.2, 0) is 20.4 Å². The van der Waals surface area contributed by atoms with Crippen LogP contribution in [0.4, 0.5) is 0 Å². The summed E-state index contributed by atoms with van der Waals surface area (Å²) in [6.07, 6.45) is 1.18. The summed E-state index contributed by atoms with van der Waals surface area (Å²) >= 11 is 6.10. The second-order valence-corrected chi connectivity index (χ2v) is 9.01. The van der Waals surface area contributed by atoms with Gasteiger partial charge in [-0.25, -0.2) is 13.2 Å². The molecule has 1 atom stereocenters. The van der Waals surface area contributed by atoms with Crippen LogP contribution in [0.25, 0.3) is 0 Å². The maximum absolute atomic E-state index is 13.2. The molecule has 0 saturated carbocycles. The number of hydrogen-bond acceptors (Lipinski definition) is 5. The van der Waals surface area contributed by atoms with E-state index in [-0.39, 0.29) is 16.5 Å². The fourth-order valence-corrected chi connectivity index (χ4v) is 5.67. The van der Waals surface area contributed by atoms with Crippen molar-refractivity contribution in [3.05, 3.63) is 58.6 Å². The van der Waals surface area contributed by atoms with Crippen molar-refractivity contribution >= 4 is 27.6 Å². The highest BCUT2D eigenvalue weighted by atomic mass is 35.5. The molecular weight excluding hydrogens is 390 g/mol. The summed E-state index contributed by atoms with van der Waals surface area (Å²) in [5.74, 6) is 0.00159. The normalized spacial score (nSPS) is 22.5. The summed E-state index contributed by atoms with van der Waals surface area (Å²) < 4.78 is 38.5. The minimum atomic E-state index is -3.79. The van der Waals surface area contributed by atoms with Gasteiger partial charge in [-0.05, 0) is 37.1 Å². The van der Waals surface area contributed by atoms with Crippen molar-refractivity contribution < 1.29 is 22.7 Å². The molecule has 27 heavy (non-hydrogen) atoms. The number of sulfonamides is 1. The molecule has 0 N–H and O–H groups in total. The Labute approximate surface area is 162 Å². The third-order valence-corrected chi connectivity index (χ3v) is 7.24. The number of benzene rings is 2. The van der Waals surface area contributed by atoms with E-state index in [1.54, 1.807) is 12.1 Å². The summed E-state index contributed by atoms with van der Waals surface area (Å²) in [7, 11) is -2.32. The molecule has 2 aromatic carbocycles. The Hall–Kier alpha value is -2.09. The number of halogens is 1. The molecule has 0 amide bonds. The molecule has 142 valence electrons. The zero-order valence-corrected chi connectivity index (χ0v) is 16.2. The van der Waals surface area contributed by atoms with Crippen LogP contribution in [0.3, 0.4) is 0 Å². The van der Waals surface area contributed by atoms with Gasteiger partial charge in [0, 0.05) is 12.1 Å². The van der Waals surface area contributed by atoms with Crippen LogP contribution in [0, 0.1) is 0 Å². The molecule has 1 spiro atoms. The van der Waals surface area contributed by atoms with Crippen molar-refractivity contribution in [2.24, 2.45) is 0 Å². The van der Waals surface area contributed by atoms with Gasteiger partial charge < -0.3 is 9.47 Å². The predicted octanol–water partition coefficient (Wildman–Crippen LogP) is 3.20. The van der Waals surface area contributed by atoms with Crippen LogP contribution >= 0.6 is 11.6 Å². The fourth-order valence-electron chi connectivity index (χ4n) is 3.79. The lowest BCUT2D eigenvalue weighted by Crippen LogP contribution is -2.48. The summed E-state index contributed by atoms with van der Waals surface area (Å²) in [6, 6.07) is 11.5. The van der Waals surface area contributed by atoms with Gasteiger partial charge in [-0.15, -0.1) is 0 Å². The van der Waals surface area contributed by atoms with Crippen LogP contribution in [0.5, 0.6) is 5.75 Å². The third-order valence-electron chi connectivity index (χ3n) is 5.11. The van der Waals surface area contributed by atoms with E-state index >= 15 is 0 Å². The zero-order chi connectivity index (χ0) is 19.2. The Kier molecular flexibility index (Phi) is 4.41. The summed E-state index contributed by atoms with van der Waals surface area (Å²) in [5, 5.41) is 0.225. The highest BCUT2D eigenvalue weighted by Gasteiger charge is 2.50. The Bertz CT molecular complexity index is 1020. The standard InChI is InChI=1S/C19H18ClNO5S/c1-25-17-8-7-13(11-16(17)20)27(23,24)21-10-4-9-19(12-21)15-6-3-2-5-14(15)18(22)26-19/h2-3,5-8,11H,4,9-10,12H2,1H3/t19-/m0/s1. The SMILES string of the molecule is COc1ccc(S(=O)(=O)N2CCC[C@@]3(C2)OC(=O)c2ccccc23)cc1Cl. The van der Waals surface area contributed by atoms with Crippen LogP contribution < -0.4 is 4.74 Å². The molecular formula is C19H18ClNO5S. The van der Waals surface area contributed by atoms with E-state index in [2.05, 4.69) is 0 Å². The van der Waals surface area contributed by atoms with Gasteiger partial charge in [-0.3, -0.25) is 0 Å². The highest BCUT2D eigenvalue weighted by molar-refractivity contribution is 7.89. The topological polar surface area (TPSA) is 72.9 Å². The van der Waals surface area contributed by atoms with Crippen molar-refractivity contribution in [2.75, 3.05) is 20.2 Å². The minimum absolute atomic E-state index is 0.0851. The molecule has 2 aromatic rings. The predicted molar refractivity (Wildman–Crippen MR) is 99.5 cm³/mol. The average Bonchev–Trinajstić information content (AvgIpc) is 2.93. The van der Waals surface area contributed by atoms with Gasteiger partial charge in [0.2, 0.25) is 10.0 Å². The Morgan fingerprint density at radius 1 is 1.22 bits per heavy atom. The molecule has 2 aliphatic heterocycles. The minimum Gasteiger partial charge on any atom is -0.495 e. The van der Waals surface area contributed by atoms with Gasteiger partial charge in [0.25, 0.3) is 0 Å². The van der Waals surface area contributed by atoms with Crippen molar-refractivity contribution in [3.8, 4) is 5.75 Å². The number of rotatable bonds is 3. The zero-order valence-electron chi connectivity index (χ0n) is 14.6. The van der Waals surface area contributed by atoms with Gasteiger partial charge in [-0.2, -0.15) is 4.31 Å². The van der Waals surface area contributed by atoms with Crippen molar-refractivity contribution in [1.29, 1.82) is 0 Å². The lowest BCUT2D eigenvalue weighted by Gasteiger charge is -2.38. The molecule has 0 aliphatic carbocycles. The van der Waals surface area contributed by atoms with Crippen LogP contribution in [0.15, 0.2) is 47.4 Å². The van der Waals surface area contributed by atoms with Crippen LogP contribution in [-0.4, -0.2) is 38.9 Å². The van der Waals surface area contributed by atoms with Crippen molar-refractivity contribution in [3.63, 3.8) is 0 Å². The fraction of sp³-hybridized carbons (Fsp3) is 0.316. The van der Waals surface area contributed by atoms with Gasteiger partial charge in [0.15, 0.2) is 5.60 Å². The molecule has 2 heterocycles. The average molecular weight is 408 g/mol. The number of nitrogens with zero attached hydrogens (tertiary/aromatic N) is 1. The van der Waals surface area contributed by atoms with E-state index in [0.29, 0.717) is 30.7 Å². The van der Waals surface area contributed by atoms with Crippen molar-refractivity contribution in [2.45, 2.75) is 23.3 Å². The van der Waals surface area contributed by atoms with Gasteiger partial charge >= 0.3 is 5.97 Å². The first-order valence-corrected chi connectivity index (χ1v) is 10.4. The Morgan fingerprint density at radius 2 is 2.00 bits per heavy atom. The molecule has 4 rings (SSSR count). The first-order chi connectivity index (χ1) is 12.9. The number of carbonyl (C=O) groups excluding carboxylic acids is 1. The number of esters is 1. The summed E-state index contributed by atoms with van der Waals surface area (Å²) in [6.45, 7) is 0.440. The Morgan fingerprint density at radius 3 is 2.74 bits per heavy atom. The van der Waals surface area contributed by atoms with Crippen LogP contribution in [0.1, 0.15) is 28.8 Å². The van der Waals surface area contributed by atoms with Crippen molar-refractivity contribution in [1.82, 2.24) is 4.31 Å². The Balaban J connectivity index is 1.70. The number of piperidine rings is 1. The van der Waals surface area contributed by atoms with E-state index in [0.717, 1.165) is 5.56 Å². The number of methoxy groups -OCH3 is 1. The second kappa shape index (κ2) is 6.51. The highest BCUT2D eigenvalue weighted by Crippen LogP contribution is 2.44.